The predicted molar refractivity (Wildman–Crippen MR) is 98.1 cm³/mol. The SMILES string of the molecule is Cc1nc(Br)ccc1Oc1sc(C(N)=O)c2c1-c1sncc1CC2. The molecule has 0 radical (unpaired) electrons. The third kappa shape index (κ3) is 2.54. The first-order valence-corrected chi connectivity index (χ1v) is 9.63. The van der Waals surface area contributed by atoms with Crippen LogP contribution in [0.4, 0.5) is 0 Å². The zero-order valence-electron chi connectivity index (χ0n) is 12.6. The number of halogens is 1. The molecule has 5 nitrogen and oxygen atoms in total. The average Bonchev–Trinajstić information content (AvgIpc) is 3.14. The molecule has 3 aromatic heterocycles. The second kappa shape index (κ2) is 5.94. The topological polar surface area (TPSA) is 78.1 Å². The van der Waals surface area contributed by atoms with Crippen LogP contribution in [-0.4, -0.2) is 15.3 Å². The molecule has 3 aromatic rings. The summed E-state index contributed by atoms with van der Waals surface area (Å²) in [5.74, 6) is 0.250. The maximum atomic E-state index is 11.8. The molecule has 24 heavy (non-hydrogen) atoms. The third-order valence-electron chi connectivity index (χ3n) is 3.92. The number of fused-ring (bicyclic) bond motifs is 3. The Kier molecular flexibility index (Phi) is 3.90. The lowest BCUT2D eigenvalue weighted by molar-refractivity contribution is 0.100. The van der Waals surface area contributed by atoms with Gasteiger partial charge in [0.2, 0.25) is 0 Å². The Morgan fingerprint density at radius 3 is 2.96 bits per heavy atom. The predicted octanol–water partition coefficient (Wildman–Crippen LogP) is 4.33. The maximum Gasteiger partial charge on any atom is 0.259 e. The summed E-state index contributed by atoms with van der Waals surface area (Å²) in [5.41, 5.74) is 9.47. The minimum absolute atomic E-state index is 0.412. The van der Waals surface area contributed by atoms with Crippen molar-refractivity contribution in [2.45, 2.75) is 19.8 Å². The van der Waals surface area contributed by atoms with Crippen LogP contribution in [0, 0.1) is 6.92 Å². The van der Waals surface area contributed by atoms with E-state index in [4.69, 9.17) is 10.5 Å². The van der Waals surface area contributed by atoms with Crippen molar-refractivity contribution < 1.29 is 9.53 Å². The molecule has 1 aliphatic rings. The Morgan fingerprint density at radius 2 is 2.21 bits per heavy atom. The summed E-state index contributed by atoms with van der Waals surface area (Å²) in [7, 11) is 0. The standard InChI is InChI=1S/C16H12BrN3O2S2/c1-7-10(4-5-11(17)20-7)22-16-12-9(14(23-16)15(18)21)3-2-8-6-19-24-13(8)12/h4-6H,2-3H2,1H3,(H2,18,21). The van der Waals surface area contributed by atoms with Crippen LogP contribution in [0.1, 0.15) is 26.5 Å². The lowest BCUT2D eigenvalue weighted by Gasteiger charge is -2.14. The highest BCUT2D eigenvalue weighted by Gasteiger charge is 2.30. The van der Waals surface area contributed by atoms with Crippen molar-refractivity contribution in [2.75, 3.05) is 0 Å². The van der Waals surface area contributed by atoms with Gasteiger partial charge in [0.25, 0.3) is 5.91 Å². The summed E-state index contributed by atoms with van der Waals surface area (Å²) < 4.78 is 11.2. The quantitative estimate of drug-likeness (QED) is 0.638. The van der Waals surface area contributed by atoms with Crippen molar-refractivity contribution in [3.63, 3.8) is 0 Å². The zero-order valence-corrected chi connectivity index (χ0v) is 15.8. The summed E-state index contributed by atoms with van der Waals surface area (Å²) in [4.78, 5) is 17.8. The molecule has 1 amide bonds. The number of hydrogen-bond donors (Lipinski definition) is 1. The number of aromatic nitrogens is 2. The van der Waals surface area contributed by atoms with E-state index in [1.807, 2.05) is 25.3 Å². The van der Waals surface area contributed by atoms with Gasteiger partial charge in [-0.2, -0.15) is 0 Å². The molecule has 122 valence electrons. The first-order valence-electron chi connectivity index (χ1n) is 7.25. The smallest absolute Gasteiger partial charge is 0.259 e. The van der Waals surface area contributed by atoms with E-state index in [0.717, 1.165) is 39.1 Å². The van der Waals surface area contributed by atoms with E-state index in [9.17, 15) is 4.79 Å². The van der Waals surface area contributed by atoms with E-state index in [1.54, 1.807) is 0 Å². The van der Waals surface area contributed by atoms with Crippen molar-refractivity contribution >= 4 is 44.7 Å². The molecular formula is C16H12BrN3O2S2. The summed E-state index contributed by atoms with van der Waals surface area (Å²) in [6, 6.07) is 3.69. The van der Waals surface area contributed by atoms with Gasteiger partial charge < -0.3 is 10.5 Å². The van der Waals surface area contributed by atoms with Gasteiger partial charge >= 0.3 is 0 Å². The van der Waals surface area contributed by atoms with Gasteiger partial charge in [-0.1, -0.05) is 11.3 Å². The number of rotatable bonds is 3. The number of thiophene rings is 1. The minimum atomic E-state index is -0.412. The highest BCUT2D eigenvalue weighted by Crippen LogP contribution is 2.50. The van der Waals surface area contributed by atoms with Crippen LogP contribution in [0.2, 0.25) is 0 Å². The molecule has 4 rings (SSSR count). The summed E-state index contributed by atoms with van der Waals surface area (Å²) in [6.45, 7) is 1.88. The van der Waals surface area contributed by atoms with E-state index in [0.29, 0.717) is 15.7 Å². The fourth-order valence-corrected chi connectivity index (χ4v) is 5.21. The molecule has 0 spiro atoms. The molecule has 0 unspecified atom stereocenters. The van der Waals surface area contributed by atoms with Gasteiger partial charge in [-0.3, -0.25) is 4.79 Å². The first kappa shape index (κ1) is 15.7. The fraction of sp³-hybridized carbons (Fsp3) is 0.188. The average molecular weight is 422 g/mol. The lowest BCUT2D eigenvalue weighted by Crippen LogP contribution is -2.12. The molecule has 0 saturated heterocycles. The van der Waals surface area contributed by atoms with E-state index in [2.05, 4.69) is 25.3 Å². The number of carbonyl (C=O) groups excluding carboxylic acids is 1. The molecule has 0 aromatic carbocycles. The van der Waals surface area contributed by atoms with Crippen molar-refractivity contribution in [1.82, 2.24) is 9.36 Å². The Hall–Kier alpha value is -1.77. The molecule has 1 aliphatic carbocycles. The number of aryl methyl sites for hydroxylation is 2. The van der Waals surface area contributed by atoms with Crippen LogP contribution in [0.5, 0.6) is 10.8 Å². The summed E-state index contributed by atoms with van der Waals surface area (Å²) >= 11 is 6.08. The normalized spacial score (nSPS) is 12.6. The monoisotopic (exact) mass is 421 g/mol. The molecule has 8 heteroatoms. The molecule has 2 N–H and O–H groups in total. The number of carbonyl (C=O) groups is 1. The van der Waals surface area contributed by atoms with Gasteiger partial charge in [0.1, 0.15) is 10.4 Å². The molecule has 0 bridgehead atoms. The Bertz CT molecular complexity index is 964. The highest BCUT2D eigenvalue weighted by atomic mass is 79.9. The molecular weight excluding hydrogens is 410 g/mol. The zero-order chi connectivity index (χ0) is 16.8. The third-order valence-corrected chi connectivity index (χ3v) is 6.35. The van der Waals surface area contributed by atoms with Crippen LogP contribution in [-0.2, 0) is 12.8 Å². The highest BCUT2D eigenvalue weighted by molar-refractivity contribution is 9.10. The second-order valence-electron chi connectivity index (χ2n) is 5.44. The van der Waals surface area contributed by atoms with Crippen molar-refractivity contribution in [1.29, 1.82) is 0 Å². The van der Waals surface area contributed by atoms with E-state index in [1.165, 1.54) is 28.4 Å². The number of pyridine rings is 1. The van der Waals surface area contributed by atoms with Crippen LogP contribution in [0.3, 0.4) is 0 Å². The number of ether oxygens (including phenoxy) is 1. The van der Waals surface area contributed by atoms with Crippen LogP contribution in [0.15, 0.2) is 22.9 Å². The Morgan fingerprint density at radius 1 is 1.38 bits per heavy atom. The Balaban J connectivity index is 1.86. The number of hydrogen-bond acceptors (Lipinski definition) is 6. The number of primary amides is 1. The molecule has 3 heterocycles. The van der Waals surface area contributed by atoms with Gasteiger partial charge in [0.05, 0.1) is 21.0 Å². The maximum absolute atomic E-state index is 11.8. The van der Waals surface area contributed by atoms with Gasteiger partial charge in [-0.05, 0) is 70.5 Å². The van der Waals surface area contributed by atoms with E-state index < -0.39 is 5.91 Å². The van der Waals surface area contributed by atoms with Crippen molar-refractivity contribution in [2.24, 2.45) is 5.73 Å². The van der Waals surface area contributed by atoms with E-state index in [-0.39, 0.29) is 0 Å². The van der Waals surface area contributed by atoms with Crippen LogP contribution >= 0.6 is 38.8 Å². The molecule has 0 atom stereocenters. The first-order chi connectivity index (χ1) is 11.5. The fourth-order valence-electron chi connectivity index (χ4n) is 2.81. The number of nitrogens with zero attached hydrogens (tertiary/aromatic N) is 2. The minimum Gasteiger partial charge on any atom is -0.444 e. The summed E-state index contributed by atoms with van der Waals surface area (Å²) in [5, 5.41) is 0.677. The largest absolute Gasteiger partial charge is 0.444 e. The van der Waals surface area contributed by atoms with Crippen molar-refractivity contribution in [3.05, 3.63) is 44.6 Å². The Labute approximate surface area is 154 Å². The molecule has 0 saturated carbocycles. The van der Waals surface area contributed by atoms with Gasteiger partial charge in [0.15, 0.2) is 5.06 Å². The number of nitrogens with two attached hydrogens (primary N) is 1. The van der Waals surface area contributed by atoms with Gasteiger partial charge in [-0.25, -0.2) is 9.36 Å². The molecule has 0 fully saturated rings. The number of amides is 1. The molecule has 0 aliphatic heterocycles. The van der Waals surface area contributed by atoms with E-state index >= 15 is 0 Å². The lowest BCUT2D eigenvalue weighted by atomic mass is 9.93. The van der Waals surface area contributed by atoms with Crippen molar-refractivity contribution in [3.8, 4) is 21.3 Å². The van der Waals surface area contributed by atoms with Crippen LogP contribution < -0.4 is 10.5 Å². The summed E-state index contributed by atoms with van der Waals surface area (Å²) in [6.07, 6.45) is 3.53. The van der Waals surface area contributed by atoms with Crippen LogP contribution in [0.25, 0.3) is 10.4 Å². The second-order valence-corrected chi connectivity index (χ2v) is 8.03. The van der Waals surface area contributed by atoms with Gasteiger partial charge in [-0.15, -0.1) is 0 Å². The van der Waals surface area contributed by atoms with Gasteiger partial charge in [0, 0.05) is 6.20 Å².